The number of alkyl halides is 1. The number of hydrogen-bond acceptors (Lipinski definition) is 5. The summed E-state index contributed by atoms with van der Waals surface area (Å²) >= 11 is 6.23. The van der Waals surface area contributed by atoms with Gasteiger partial charge in [-0.1, -0.05) is 54.4 Å². The van der Waals surface area contributed by atoms with Crippen molar-refractivity contribution in [2.24, 2.45) is 5.92 Å². The molecule has 6 nitrogen and oxygen atoms in total. The van der Waals surface area contributed by atoms with E-state index in [4.69, 9.17) is 16.7 Å². The average Bonchev–Trinajstić information content (AvgIpc) is 3.21. The Bertz CT molecular complexity index is 1580. The summed E-state index contributed by atoms with van der Waals surface area (Å²) in [5.41, 5.74) is 11.0. The van der Waals surface area contributed by atoms with Crippen molar-refractivity contribution in [1.29, 1.82) is 0 Å². The fourth-order valence-corrected chi connectivity index (χ4v) is 6.10. The molecule has 0 amide bonds. The molecular weight excluding hydrogens is 527 g/mol. The predicted octanol–water partition coefficient (Wildman–Crippen LogP) is 6.50. The van der Waals surface area contributed by atoms with Crippen LogP contribution in [0.15, 0.2) is 71.6 Å². The lowest BCUT2D eigenvalue weighted by Gasteiger charge is -2.32. The number of carbonyl (C=O) groups is 1. The fourth-order valence-electron chi connectivity index (χ4n) is 4.95. The third-order valence-electron chi connectivity index (χ3n) is 6.98. The number of benzene rings is 3. The van der Waals surface area contributed by atoms with Crippen LogP contribution in [0, 0.1) is 5.92 Å². The van der Waals surface area contributed by atoms with E-state index in [9.17, 15) is 17.6 Å². The van der Waals surface area contributed by atoms with Crippen LogP contribution in [0.3, 0.4) is 0 Å². The molecule has 1 atom stereocenters. The summed E-state index contributed by atoms with van der Waals surface area (Å²) in [4.78, 5) is 11.1. The van der Waals surface area contributed by atoms with Crippen LogP contribution in [-0.4, -0.2) is 25.7 Å². The first-order valence-corrected chi connectivity index (χ1v) is 14.4. The van der Waals surface area contributed by atoms with Gasteiger partial charge in [0.2, 0.25) is 0 Å². The van der Waals surface area contributed by atoms with Crippen molar-refractivity contribution in [3.05, 3.63) is 99.6 Å². The van der Waals surface area contributed by atoms with Crippen molar-refractivity contribution < 1.29 is 22.7 Å². The van der Waals surface area contributed by atoms with Gasteiger partial charge < -0.3 is 10.5 Å². The Labute approximate surface area is 225 Å². The van der Waals surface area contributed by atoms with Gasteiger partial charge in [0.25, 0.3) is 0 Å². The third kappa shape index (κ3) is 5.25. The normalized spacial score (nSPS) is 18.0. The number of hydrogen-bond donors (Lipinski definition) is 3. The van der Waals surface area contributed by atoms with Gasteiger partial charge in [0.05, 0.1) is 10.6 Å². The van der Waals surface area contributed by atoms with Gasteiger partial charge in [0.15, 0.2) is 16.1 Å². The Hall–Kier alpha value is -3.46. The molecule has 1 heterocycles. The van der Waals surface area contributed by atoms with Gasteiger partial charge in [0, 0.05) is 22.9 Å². The number of carboxylic acids is 1. The molecule has 1 aliphatic carbocycles. The second-order valence-electron chi connectivity index (χ2n) is 9.56. The second-order valence-corrected chi connectivity index (χ2v) is 12.0. The number of carboxylic acid groups (broad SMARTS) is 1. The lowest BCUT2D eigenvalue weighted by Crippen LogP contribution is -2.17. The van der Waals surface area contributed by atoms with E-state index < -0.39 is 22.1 Å². The van der Waals surface area contributed by atoms with E-state index >= 15 is 0 Å². The molecule has 0 spiro atoms. The zero-order valence-corrected chi connectivity index (χ0v) is 22.1. The Morgan fingerprint density at radius 1 is 1.05 bits per heavy atom. The lowest BCUT2D eigenvalue weighted by molar-refractivity contribution is -0.131. The molecule has 0 bridgehead atoms. The number of sulfone groups is 1. The van der Waals surface area contributed by atoms with Crippen molar-refractivity contribution in [2.75, 3.05) is 11.7 Å². The summed E-state index contributed by atoms with van der Waals surface area (Å²) in [5.74, 6) is -0.942. The minimum absolute atomic E-state index is 0.101. The summed E-state index contributed by atoms with van der Waals surface area (Å²) in [6, 6.07) is 17.8. The van der Waals surface area contributed by atoms with Crippen LogP contribution in [0.1, 0.15) is 53.4 Å². The van der Waals surface area contributed by atoms with Crippen LogP contribution < -0.4 is 10.9 Å². The topological polar surface area (TPSA) is 95.5 Å². The Morgan fingerprint density at radius 3 is 2.39 bits per heavy atom. The van der Waals surface area contributed by atoms with Gasteiger partial charge in [-0.3, -0.25) is 0 Å². The maximum Gasteiger partial charge on any atom is 0.328 e. The van der Waals surface area contributed by atoms with Gasteiger partial charge in [0.1, 0.15) is 0 Å². The molecule has 9 heteroatoms. The number of fused-ring (bicyclic) bond motifs is 1. The Balaban J connectivity index is 1.80. The standard InChI is InChI=1S/C29H26ClFN2O4S/c1-38(36,37)25-16-21(30)11-12-22(25)28(18-3-2-4-18)27(19-8-5-17(6-9-19)7-14-26(34)35)20-10-13-24-23(15-20)29(31)33-32-24/h5-16,18,29,32-33H,2-4H2,1H3,(H,34,35)/b14-7+,28-27+. The summed E-state index contributed by atoms with van der Waals surface area (Å²) in [6.07, 6.45) is 5.16. The van der Waals surface area contributed by atoms with Gasteiger partial charge in [-0.05, 0) is 82.5 Å². The molecule has 1 saturated carbocycles. The highest BCUT2D eigenvalue weighted by molar-refractivity contribution is 7.90. The molecule has 1 fully saturated rings. The number of hydrazine groups is 1. The molecular formula is C29H26ClFN2O4S. The summed E-state index contributed by atoms with van der Waals surface area (Å²) in [7, 11) is -3.62. The van der Waals surface area contributed by atoms with Crippen LogP contribution >= 0.6 is 11.6 Å². The SMILES string of the molecule is CS(=O)(=O)c1cc(Cl)ccc1/C(=C(\c1ccc(/C=C/C(=O)O)cc1)c1ccc2c(c1)C(F)NN2)C1CCC1. The van der Waals surface area contributed by atoms with Crippen LogP contribution in [0.5, 0.6) is 0 Å². The summed E-state index contributed by atoms with van der Waals surface area (Å²) in [6.45, 7) is 0. The van der Waals surface area contributed by atoms with Gasteiger partial charge >= 0.3 is 5.97 Å². The van der Waals surface area contributed by atoms with Gasteiger partial charge in [-0.15, -0.1) is 0 Å². The first-order chi connectivity index (χ1) is 18.1. The first-order valence-electron chi connectivity index (χ1n) is 12.2. The van der Waals surface area contributed by atoms with Gasteiger partial charge in [-0.2, -0.15) is 0 Å². The molecule has 1 unspecified atom stereocenters. The number of anilines is 1. The summed E-state index contributed by atoms with van der Waals surface area (Å²) < 4.78 is 40.5. The molecule has 3 aromatic carbocycles. The summed E-state index contributed by atoms with van der Waals surface area (Å²) in [5, 5.41) is 9.30. The largest absolute Gasteiger partial charge is 0.478 e. The first kappa shape index (κ1) is 26.2. The molecule has 0 aromatic heterocycles. The molecule has 0 saturated heterocycles. The van der Waals surface area contributed by atoms with Crippen molar-refractivity contribution in [3.8, 4) is 0 Å². The van der Waals surface area contributed by atoms with Crippen LogP contribution in [0.4, 0.5) is 10.1 Å². The third-order valence-corrected chi connectivity index (χ3v) is 8.35. The zero-order valence-electron chi connectivity index (χ0n) is 20.5. The molecule has 38 heavy (non-hydrogen) atoms. The van der Waals surface area contributed by atoms with E-state index in [-0.39, 0.29) is 10.8 Å². The highest BCUT2D eigenvalue weighted by Crippen LogP contribution is 2.47. The van der Waals surface area contributed by atoms with Crippen molar-refractivity contribution in [2.45, 2.75) is 30.5 Å². The molecule has 3 N–H and O–H groups in total. The van der Waals surface area contributed by atoms with Gasteiger partial charge in [-0.25, -0.2) is 23.0 Å². The van der Waals surface area contributed by atoms with Crippen LogP contribution in [0.2, 0.25) is 5.02 Å². The number of rotatable bonds is 7. The Morgan fingerprint density at radius 2 is 1.76 bits per heavy atom. The number of halogens is 2. The van der Waals surface area contributed by atoms with E-state index in [1.807, 2.05) is 18.2 Å². The van der Waals surface area contributed by atoms with E-state index in [0.717, 1.165) is 47.6 Å². The molecule has 3 aromatic rings. The van der Waals surface area contributed by atoms with Crippen molar-refractivity contribution in [3.63, 3.8) is 0 Å². The highest BCUT2D eigenvalue weighted by atomic mass is 35.5. The second kappa shape index (κ2) is 10.4. The Kier molecular flexibility index (Phi) is 7.13. The average molecular weight is 553 g/mol. The number of nitrogens with one attached hydrogen (secondary N) is 2. The predicted molar refractivity (Wildman–Crippen MR) is 148 cm³/mol. The number of aliphatic carboxylic acids is 1. The molecule has 5 rings (SSSR count). The van der Waals surface area contributed by atoms with Crippen LogP contribution in [0.25, 0.3) is 17.2 Å². The lowest BCUT2D eigenvalue weighted by atomic mass is 9.73. The van der Waals surface area contributed by atoms with E-state index in [2.05, 4.69) is 10.9 Å². The van der Waals surface area contributed by atoms with Crippen molar-refractivity contribution >= 4 is 50.3 Å². The monoisotopic (exact) mass is 552 g/mol. The zero-order chi connectivity index (χ0) is 27.0. The van der Waals surface area contributed by atoms with E-state index in [0.29, 0.717) is 27.4 Å². The highest BCUT2D eigenvalue weighted by Gasteiger charge is 2.31. The smallest absolute Gasteiger partial charge is 0.328 e. The maximum absolute atomic E-state index is 14.7. The molecule has 2 aliphatic rings. The maximum atomic E-state index is 14.7. The quantitative estimate of drug-likeness (QED) is 0.176. The molecule has 0 radical (unpaired) electrons. The van der Waals surface area contributed by atoms with Crippen LogP contribution in [-0.2, 0) is 14.6 Å². The molecule has 196 valence electrons. The minimum Gasteiger partial charge on any atom is -0.478 e. The molecule has 1 aliphatic heterocycles. The fraction of sp³-hybridized carbons (Fsp3) is 0.207. The van der Waals surface area contributed by atoms with E-state index in [1.54, 1.807) is 36.4 Å². The van der Waals surface area contributed by atoms with Crippen molar-refractivity contribution in [1.82, 2.24) is 5.43 Å². The number of allylic oxidation sites excluding steroid dienone is 1. The minimum atomic E-state index is -3.62. The van der Waals surface area contributed by atoms with E-state index in [1.165, 1.54) is 18.4 Å².